The fourth-order valence-electron chi connectivity index (χ4n) is 1.46. The number of Topliss-reactive ketones (excluding diaryl/α,β-unsaturated/α-hetero) is 1. The fourth-order valence-corrected chi connectivity index (χ4v) is 1.46. The number of ether oxygens (including phenoxy) is 1. The second kappa shape index (κ2) is 2.92. The molecule has 1 rings (SSSR count). The molecular formula is C10H16O2. The first kappa shape index (κ1) is 9.30. The molecule has 12 heavy (non-hydrogen) atoms. The maximum absolute atomic E-state index is 11.4. The number of carbonyl (C=O) groups is 1. The molecule has 0 unspecified atom stereocenters. The Hall–Kier alpha value is -0.790. The first-order valence-electron chi connectivity index (χ1n) is 4.38. The molecule has 68 valence electrons. The van der Waals surface area contributed by atoms with E-state index in [0.29, 0.717) is 6.42 Å². The second-order valence-electron chi connectivity index (χ2n) is 3.86. The summed E-state index contributed by atoms with van der Waals surface area (Å²) < 4.78 is 5.66. The molecule has 2 heteroatoms. The maximum atomic E-state index is 11.4. The topological polar surface area (TPSA) is 26.3 Å². The highest BCUT2D eigenvalue weighted by atomic mass is 16.5. The Balaban J connectivity index is 2.95. The van der Waals surface area contributed by atoms with Gasteiger partial charge in [-0.25, -0.2) is 0 Å². The van der Waals surface area contributed by atoms with Gasteiger partial charge in [0, 0.05) is 12.0 Å². The molecule has 1 heterocycles. The van der Waals surface area contributed by atoms with Gasteiger partial charge < -0.3 is 4.74 Å². The van der Waals surface area contributed by atoms with Gasteiger partial charge in [-0.05, 0) is 20.8 Å². The van der Waals surface area contributed by atoms with Gasteiger partial charge in [-0.1, -0.05) is 6.92 Å². The van der Waals surface area contributed by atoms with Crippen molar-refractivity contribution in [1.82, 2.24) is 0 Å². The van der Waals surface area contributed by atoms with E-state index in [-0.39, 0.29) is 11.4 Å². The Bertz CT molecular complexity index is 236. The molecule has 1 aliphatic heterocycles. The number of hydrogen-bond acceptors (Lipinski definition) is 2. The summed E-state index contributed by atoms with van der Waals surface area (Å²) in [5.41, 5.74) is 0.499. The van der Waals surface area contributed by atoms with E-state index < -0.39 is 0 Å². The maximum Gasteiger partial charge on any atom is 0.165 e. The molecule has 0 aliphatic carbocycles. The zero-order valence-electron chi connectivity index (χ0n) is 8.23. The molecule has 0 bridgehead atoms. The van der Waals surface area contributed by atoms with Crippen molar-refractivity contribution in [3.63, 3.8) is 0 Å². The van der Waals surface area contributed by atoms with Crippen molar-refractivity contribution in [2.24, 2.45) is 0 Å². The number of rotatable bonds is 1. The van der Waals surface area contributed by atoms with Gasteiger partial charge in [-0.3, -0.25) is 4.79 Å². The molecule has 0 aromatic heterocycles. The van der Waals surface area contributed by atoms with Crippen LogP contribution >= 0.6 is 0 Å². The van der Waals surface area contributed by atoms with Crippen molar-refractivity contribution in [2.45, 2.75) is 46.1 Å². The smallest absolute Gasteiger partial charge is 0.165 e. The highest BCUT2D eigenvalue weighted by Gasteiger charge is 2.31. The van der Waals surface area contributed by atoms with Gasteiger partial charge in [0.25, 0.3) is 0 Å². The van der Waals surface area contributed by atoms with E-state index in [9.17, 15) is 4.79 Å². The van der Waals surface area contributed by atoms with Crippen molar-refractivity contribution in [3.8, 4) is 0 Å². The van der Waals surface area contributed by atoms with Crippen molar-refractivity contribution in [3.05, 3.63) is 11.3 Å². The van der Waals surface area contributed by atoms with Gasteiger partial charge in [-0.2, -0.15) is 0 Å². The predicted molar refractivity (Wildman–Crippen MR) is 47.8 cm³/mol. The van der Waals surface area contributed by atoms with Gasteiger partial charge in [0.15, 0.2) is 5.78 Å². The van der Waals surface area contributed by atoms with Gasteiger partial charge in [0.05, 0.1) is 6.42 Å². The first-order chi connectivity index (χ1) is 5.46. The van der Waals surface area contributed by atoms with Gasteiger partial charge >= 0.3 is 0 Å². The number of carbonyl (C=O) groups excluding carboxylic acids is 1. The molecule has 0 aromatic rings. The molecule has 0 N–H and O–H groups in total. The van der Waals surface area contributed by atoms with E-state index in [4.69, 9.17) is 4.74 Å². The zero-order valence-corrected chi connectivity index (χ0v) is 8.23. The largest absolute Gasteiger partial charge is 0.491 e. The van der Waals surface area contributed by atoms with Crippen LogP contribution in [0.1, 0.15) is 40.5 Å². The summed E-state index contributed by atoms with van der Waals surface area (Å²) in [6, 6.07) is 0. The molecule has 0 saturated heterocycles. The average Bonchev–Trinajstić information content (AvgIpc) is 1.96. The van der Waals surface area contributed by atoms with Crippen LogP contribution in [0.25, 0.3) is 0 Å². The van der Waals surface area contributed by atoms with Crippen molar-refractivity contribution in [2.75, 3.05) is 0 Å². The van der Waals surface area contributed by atoms with E-state index in [0.717, 1.165) is 17.8 Å². The van der Waals surface area contributed by atoms with Crippen LogP contribution in [0.3, 0.4) is 0 Å². The minimum absolute atomic E-state index is 0.225. The van der Waals surface area contributed by atoms with Gasteiger partial charge in [0.2, 0.25) is 0 Å². The Labute approximate surface area is 73.6 Å². The molecule has 0 radical (unpaired) electrons. The van der Waals surface area contributed by atoms with Crippen LogP contribution in [0, 0.1) is 0 Å². The molecule has 1 aliphatic rings. The standard InChI is InChI=1S/C10H16O2/c1-5-9-7(2)8(11)6-10(3,4)12-9/h5-6H2,1-4H3. The van der Waals surface area contributed by atoms with Gasteiger partial charge in [0.1, 0.15) is 11.4 Å². The SMILES string of the molecule is CCC1=C(C)C(=O)CC(C)(C)O1. The summed E-state index contributed by atoms with van der Waals surface area (Å²) in [7, 11) is 0. The van der Waals surface area contributed by atoms with Crippen LogP contribution in [0.5, 0.6) is 0 Å². The molecule has 2 nitrogen and oxygen atoms in total. The van der Waals surface area contributed by atoms with E-state index in [1.165, 1.54) is 0 Å². The average molecular weight is 168 g/mol. The lowest BCUT2D eigenvalue weighted by atomic mass is 9.93. The van der Waals surface area contributed by atoms with Crippen LogP contribution < -0.4 is 0 Å². The molecule has 0 fully saturated rings. The first-order valence-corrected chi connectivity index (χ1v) is 4.38. The number of allylic oxidation sites excluding steroid dienone is 2. The van der Waals surface area contributed by atoms with E-state index in [2.05, 4.69) is 0 Å². The van der Waals surface area contributed by atoms with Crippen LogP contribution in [0.2, 0.25) is 0 Å². The molecule has 0 saturated carbocycles. The monoisotopic (exact) mass is 168 g/mol. The minimum Gasteiger partial charge on any atom is -0.491 e. The molecule has 0 spiro atoms. The minimum atomic E-state index is -0.304. The highest BCUT2D eigenvalue weighted by molar-refractivity contribution is 5.96. The molecule has 0 amide bonds. The quantitative estimate of drug-likeness (QED) is 0.601. The molecule has 0 atom stereocenters. The third kappa shape index (κ3) is 1.68. The van der Waals surface area contributed by atoms with Crippen molar-refractivity contribution in [1.29, 1.82) is 0 Å². The number of ketones is 1. The molecular weight excluding hydrogens is 152 g/mol. The lowest BCUT2D eigenvalue weighted by molar-refractivity contribution is -0.123. The van der Waals surface area contributed by atoms with Crippen molar-refractivity contribution >= 4 is 5.78 Å². The lowest BCUT2D eigenvalue weighted by Gasteiger charge is -2.32. The Morgan fingerprint density at radius 3 is 2.58 bits per heavy atom. The third-order valence-corrected chi connectivity index (χ3v) is 2.14. The van der Waals surface area contributed by atoms with Crippen LogP contribution in [-0.2, 0) is 9.53 Å². The van der Waals surface area contributed by atoms with E-state index in [1.54, 1.807) is 0 Å². The Morgan fingerprint density at radius 1 is 1.50 bits per heavy atom. The summed E-state index contributed by atoms with van der Waals surface area (Å²) in [6.07, 6.45) is 1.31. The summed E-state index contributed by atoms with van der Waals surface area (Å²) in [4.78, 5) is 11.4. The summed E-state index contributed by atoms with van der Waals surface area (Å²) in [6.45, 7) is 7.75. The lowest BCUT2D eigenvalue weighted by Crippen LogP contribution is -2.33. The van der Waals surface area contributed by atoms with Crippen LogP contribution in [-0.4, -0.2) is 11.4 Å². The Kier molecular flexibility index (Phi) is 2.27. The fraction of sp³-hybridized carbons (Fsp3) is 0.700. The third-order valence-electron chi connectivity index (χ3n) is 2.14. The normalized spacial score (nSPS) is 22.5. The van der Waals surface area contributed by atoms with E-state index in [1.807, 2.05) is 27.7 Å². The second-order valence-corrected chi connectivity index (χ2v) is 3.86. The molecule has 0 aromatic carbocycles. The Morgan fingerprint density at radius 2 is 2.08 bits per heavy atom. The van der Waals surface area contributed by atoms with E-state index >= 15 is 0 Å². The zero-order chi connectivity index (χ0) is 9.35. The van der Waals surface area contributed by atoms with Crippen LogP contribution in [0.15, 0.2) is 11.3 Å². The predicted octanol–water partition coefficient (Wildman–Crippen LogP) is 2.44. The summed E-state index contributed by atoms with van der Waals surface area (Å²) >= 11 is 0. The summed E-state index contributed by atoms with van der Waals surface area (Å²) in [5.74, 6) is 1.08. The number of hydrogen-bond donors (Lipinski definition) is 0. The van der Waals surface area contributed by atoms with Gasteiger partial charge in [-0.15, -0.1) is 0 Å². The van der Waals surface area contributed by atoms with Crippen LogP contribution in [0.4, 0.5) is 0 Å². The highest BCUT2D eigenvalue weighted by Crippen LogP contribution is 2.29. The summed E-state index contributed by atoms with van der Waals surface area (Å²) in [5, 5.41) is 0. The van der Waals surface area contributed by atoms with Crippen molar-refractivity contribution < 1.29 is 9.53 Å².